The number of alkyl halides is 3. The average molecular weight is 243 g/mol. The van der Waals surface area contributed by atoms with Gasteiger partial charge in [-0.1, -0.05) is 25.0 Å². The number of hydrogen-bond acceptors (Lipinski definition) is 2. The number of ether oxygens (including phenoxy) is 1. The van der Waals surface area contributed by atoms with Crippen molar-refractivity contribution in [3.63, 3.8) is 0 Å². The highest BCUT2D eigenvalue weighted by Gasteiger charge is 2.30. The van der Waals surface area contributed by atoms with Crippen molar-refractivity contribution in [1.29, 1.82) is 0 Å². The number of terminal acetylenes is 1. The number of nitrogens with one attached hydrogen (secondary N) is 1. The second-order valence-electron chi connectivity index (χ2n) is 3.27. The lowest BCUT2D eigenvalue weighted by atomic mass is 10.1. The van der Waals surface area contributed by atoms with Crippen LogP contribution in [0.2, 0.25) is 0 Å². The molecule has 2 nitrogen and oxygen atoms in total. The molecule has 1 aromatic rings. The molecule has 17 heavy (non-hydrogen) atoms. The Hall–Kier alpha value is -1.67. The fourth-order valence-electron chi connectivity index (χ4n) is 1.34. The van der Waals surface area contributed by atoms with E-state index in [9.17, 15) is 13.2 Å². The van der Waals surface area contributed by atoms with E-state index in [1.165, 1.54) is 24.3 Å². The number of benzene rings is 1. The van der Waals surface area contributed by atoms with E-state index >= 15 is 0 Å². The maximum absolute atomic E-state index is 11.9. The van der Waals surface area contributed by atoms with Crippen molar-refractivity contribution >= 4 is 0 Å². The van der Waals surface area contributed by atoms with Gasteiger partial charge in [0.1, 0.15) is 5.75 Å². The van der Waals surface area contributed by atoms with Crippen molar-refractivity contribution in [3.05, 3.63) is 29.8 Å². The molecule has 1 N–H and O–H groups in total. The molecule has 1 unspecified atom stereocenters. The van der Waals surface area contributed by atoms with Crippen molar-refractivity contribution in [1.82, 2.24) is 5.32 Å². The molecule has 1 rings (SSSR count). The summed E-state index contributed by atoms with van der Waals surface area (Å²) in [6.45, 7) is 2.57. The number of hydrogen-bond donors (Lipinski definition) is 1. The van der Waals surface area contributed by atoms with Gasteiger partial charge in [-0.2, -0.15) is 0 Å². The van der Waals surface area contributed by atoms with E-state index < -0.39 is 6.36 Å². The highest BCUT2D eigenvalue weighted by Crippen LogP contribution is 2.24. The summed E-state index contributed by atoms with van der Waals surface area (Å²) in [5.74, 6) is 2.26. The second-order valence-corrected chi connectivity index (χ2v) is 3.27. The van der Waals surface area contributed by atoms with Gasteiger partial charge in [-0.05, 0) is 24.2 Å². The minimum Gasteiger partial charge on any atom is -0.406 e. The molecule has 0 aliphatic rings. The Kier molecular flexibility index (Phi) is 4.41. The topological polar surface area (TPSA) is 21.3 Å². The summed E-state index contributed by atoms with van der Waals surface area (Å²) in [6, 6.07) is 5.19. The molecule has 0 aliphatic carbocycles. The smallest absolute Gasteiger partial charge is 0.406 e. The van der Waals surface area contributed by atoms with E-state index in [0.29, 0.717) is 6.54 Å². The Balaban J connectivity index is 2.77. The van der Waals surface area contributed by atoms with Crippen molar-refractivity contribution in [3.8, 4) is 18.1 Å². The molecule has 0 aromatic heterocycles. The first-order valence-electron chi connectivity index (χ1n) is 5.01. The third-order valence-corrected chi connectivity index (χ3v) is 2.02. The van der Waals surface area contributed by atoms with Crippen molar-refractivity contribution in [2.24, 2.45) is 0 Å². The van der Waals surface area contributed by atoms with E-state index in [-0.39, 0.29) is 11.8 Å². The third kappa shape index (κ3) is 4.37. The van der Waals surface area contributed by atoms with E-state index in [1.807, 2.05) is 6.92 Å². The van der Waals surface area contributed by atoms with Gasteiger partial charge in [0, 0.05) is 0 Å². The first-order valence-corrected chi connectivity index (χ1v) is 5.01. The van der Waals surface area contributed by atoms with Crippen LogP contribution in [0.3, 0.4) is 0 Å². The number of halogens is 3. The first kappa shape index (κ1) is 13.4. The molecule has 1 aromatic carbocycles. The lowest BCUT2D eigenvalue weighted by Crippen LogP contribution is -2.19. The van der Waals surface area contributed by atoms with Gasteiger partial charge in [0.25, 0.3) is 0 Å². The molecule has 0 heterocycles. The highest BCUT2D eigenvalue weighted by molar-refractivity contribution is 5.32. The Bertz CT molecular complexity index is 392. The molecule has 0 amide bonds. The van der Waals surface area contributed by atoms with E-state index in [2.05, 4.69) is 16.0 Å². The van der Waals surface area contributed by atoms with Crippen LogP contribution in [0.1, 0.15) is 18.5 Å². The fraction of sp³-hybridized carbons (Fsp3) is 0.333. The van der Waals surface area contributed by atoms with Gasteiger partial charge >= 0.3 is 6.36 Å². The van der Waals surface area contributed by atoms with Gasteiger partial charge in [-0.25, -0.2) is 0 Å². The molecule has 0 aliphatic heterocycles. The first-order chi connectivity index (χ1) is 7.96. The summed E-state index contributed by atoms with van der Waals surface area (Å²) in [5.41, 5.74) is 0.726. The molecule has 1 atom stereocenters. The normalized spacial score (nSPS) is 12.9. The predicted octanol–water partition coefficient (Wildman–Crippen LogP) is 2.87. The van der Waals surface area contributed by atoms with Crippen LogP contribution in [0, 0.1) is 12.3 Å². The van der Waals surface area contributed by atoms with Crippen LogP contribution in [-0.4, -0.2) is 12.9 Å². The highest BCUT2D eigenvalue weighted by atomic mass is 19.4. The summed E-state index contributed by atoms with van der Waals surface area (Å²) < 4.78 is 39.5. The molecule has 92 valence electrons. The zero-order valence-corrected chi connectivity index (χ0v) is 9.21. The average Bonchev–Trinajstić information content (AvgIpc) is 2.25. The molecular formula is C12H12F3NO. The predicted molar refractivity (Wildman–Crippen MR) is 58.4 cm³/mol. The maximum Gasteiger partial charge on any atom is 0.573 e. The van der Waals surface area contributed by atoms with Crippen LogP contribution in [0.25, 0.3) is 0 Å². The van der Waals surface area contributed by atoms with Crippen molar-refractivity contribution in [2.45, 2.75) is 19.3 Å². The van der Waals surface area contributed by atoms with Crippen molar-refractivity contribution in [2.75, 3.05) is 6.54 Å². The Morgan fingerprint density at radius 2 is 1.94 bits per heavy atom. The minimum atomic E-state index is -4.67. The minimum absolute atomic E-state index is 0.256. The lowest BCUT2D eigenvalue weighted by molar-refractivity contribution is -0.274. The van der Waals surface area contributed by atoms with Gasteiger partial charge in [0.05, 0.1) is 6.04 Å². The van der Waals surface area contributed by atoms with E-state index in [0.717, 1.165) is 5.56 Å². The number of rotatable bonds is 4. The summed E-state index contributed by atoms with van der Waals surface area (Å²) in [5, 5.41) is 3.02. The zero-order valence-electron chi connectivity index (χ0n) is 9.21. The zero-order chi connectivity index (χ0) is 12.9. The summed E-state index contributed by atoms with van der Waals surface area (Å²) in [4.78, 5) is 0. The van der Waals surface area contributed by atoms with Crippen LogP contribution in [0.5, 0.6) is 5.75 Å². The molecule has 0 radical (unpaired) electrons. The molecule has 0 saturated heterocycles. The molecule has 0 bridgehead atoms. The summed E-state index contributed by atoms with van der Waals surface area (Å²) in [6.07, 6.45) is 0.635. The quantitative estimate of drug-likeness (QED) is 0.821. The molecule has 0 fully saturated rings. The monoisotopic (exact) mass is 243 g/mol. The van der Waals surface area contributed by atoms with E-state index in [4.69, 9.17) is 6.42 Å². The van der Waals surface area contributed by atoms with Crippen molar-refractivity contribution < 1.29 is 17.9 Å². The molecular weight excluding hydrogens is 231 g/mol. The van der Waals surface area contributed by atoms with Crippen LogP contribution < -0.4 is 10.1 Å². The van der Waals surface area contributed by atoms with Crippen LogP contribution in [0.4, 0.5) is 13.2 Å². The second kappa shape index (κ2) is 5.60. The molecule has 0 spiro atoms. The Morgan fingerprint density at radius 1 is 1.35 bits per heavy atom. The van der Waals surface area contributed by atoms with E-state index in [1.54, 1.807) is 0 Å². The summed E-state index contributed by atoms with van der Waals surface area (Å²) in [7, 11) is 0. The lowest BCUT2D eigenvalue weighted by Gasteiger charge is -2.13. The standard InChI is InChI=1S/C12H12F3NO/c1-3-11(16-4-2)9-5-7-10(8-6-9)17-12(13,14)15/h1,5-8,11,16H,4H2,2H3. The van der Waals surface area contributed by atoms with Gasteiger partial charge in [-0.3, -0.25) is 0 Å². The molecule has 5 heteroatoms. The SMILES string of the molecule is C#CC(NCC)c1ccc(OC(F)(F)F)cc1. The molecule has 0 saturated carbocycles. The van der Waals surface area contributed by atoms with Crippen LogP contribution >= 0.6 is 0 Å². The third-order valence-electron chi connectivity index (χ3n) is 2.02. The van der Waals surface area contributed by atoms with Gasteiger partial charge in [-0.15, -0.1) is 19.6 Å². The Morgan fingerprint density at radius 3 is 2.35 bits per heavy atom. The fourth-order valence-corrected chi connectivity index (χ4v) is 1.34. The van der Waals surface area contributed by atoms with Crippen LogP contribution in [-0.2, 0) is 0 Å². The largest absolute Gasteiger partial charge is 0.573 e. The van der Waals surface area contributed by atoms with Gasteiger partial charge < -0.3 is 10.1 Å². The Labute approximate surface area is 97.8 Å². The summed E-state index contributed by atoms with van der Waals surface area (Å²) >= 11 is 0. The van der Waals surface area contributed by atoms with Gasteiger partial charge in [0.2, 0.25) is 0 Å². The van der Waals surface area contributed by atoms with Crippen LogP contribution in [0.15, 0.2) is 24.3 Å². The maximum atomic E-state index is 11.9. The van der Waals surface area contributed by atoms with Gasteiger partial charge in [0.15, 0.2) is 0 Å².